The maximum Gasteiger partial charge on any atom is 0.267 e. The van der Waals surface area contributed by atoms with E-state index in [9.17, 15) is 9.59 Å². The Morgan fingerprint density at radius 3 is 2.41 bits per heavy atom. The van der Waals surface area contributed by atoms with Gasteiger partial charge in [-0.1, -0.05) is 48.0 Å². The van der Waals surface area contributed by atoms with Crippen LogP contribution >= 0.6 is 0 Å². The van der Waals surface area contributed by atoms with Gasteiger partial charge in [-0.15, -0.1) is 0 Å². The zero-order valence-corrected chi connectivity index (χ0v) is 16.9. The highest BCUT2D eigenvalue weighted by molar-refractivity contribution is 5.83. The fraction of sp³-hybridized carbons (Fsp3) is 0.261. The molecule has 0 radical (unpaired) electrons. The molecular weight excluding hydrogens is 366 g/mol. The van der Waals surface area contributed by atoms with Crippen LogP contribution in [0.2, 0.25) is 0 Å². The van der Waals surface area contributed by atoms with Crippen molar-refractivity contribution >= 4 is 5.91 Å². The van der Waals surface area contributed by atoms with Gasteiger partial charge in [0.2, 0.25) is 5.91 Å². The third kappa shape index (κ3) is 4.90. The molecule has 0 unspecified atom stereocenters. The van der Waals surface area contributed by atoms with Crippen molar-refractivity contribution in [2.24, 2.45) is 0 Å². The molecular formula is C23H25N3O3. The van der Waals surface area contributed by atoms with Gasteiger partial charge in [-0.25, -0.2) is 4.68 Å². The van der Waals surface area contributed by atoms with E-state index in [1.165, 1.54) is 10.7 Å². The minimum Gasteiger partial charge on any atom is -0.492 e. The van der Waals surface area contributed by atoms with E-state index in [0.717, 1.165) is 16.9 Å². The molecule has 150 valence electrons. The summed E-state index contributed by atoms with van der Waals surface area (Å²) in [6, 6.07) is 20.3. The Kier molecular flexibility index (Phi) is 6.12. The first kappa shape index (κ1) is 20.3. The zero-order chi connectivity index (χ0) is 20.9. The lowest BCUT2D eigenvalue weighted by Gasteiger charge is -2.25. The molecule has 6 heteroatoms. The summed E-state index contributed by atoms with van der Waals surface area (Å²) in [5, 5.41) is 7.26. The van der Waals surface area contributed by atoms with Crippen LogP contribution in [0.5, 0.6) is 5.75 Å². The molecule has 1 N–H and O–H groups in total. The van der Waals surface area contributed by atoms with Gasteiger partial charge in [-0.2, -0.15) is 5.10 Å². The van der Waals surface area contributed by atoms with E-state index >= 15 is 0 Å². The van der Waals surface area contributed by atoms with Crippen molar-refractivity contribution < 1.29 is 9.53 Å². The van der Waals surface area contributed by atoms with Crippen LogP contribution in [0.1, 0.15) is 19.4 Å². The van der Waals surface area contributed by atoms with Crippen molar-refractivity contribution in [1.82, 2.24) is 15.1 Å². The van der Waals surface area contributed by atoms with Crippen LogP contribution in [0.25, 0.3) is 11.3 Å². The van der Waals surface area contributed by atoms with Crippen molar-refractivity contribution in [3.63, 3.8) is 0 Å². The monoisotopic (exact) mass is 391 g/mol. The fourth-order valence-electron chi connectivity index (χ4n) is 2.85. The average molecular weight is 391 g/mol. The summed E-state index contributed by atoms with van der Waals surface area (Å²) < 4.78 is 6.86. The third-order valence-corrected chi connectivity index (χ3v) is 4.63. The number of carbonyl (C=O) groups excluding carboxylic acids is 1. The van der Waals surface area contributed by atoms with E-state index in [1.54, 1.807) is 19.9 Å². The second-order valence-electron chi connectivity index (χ2n) is 7.31. The summed E-state index contributed by atoms with van der Waals surface area (Å²) in [7, 11) is 0. The molecule has 0 saturated heterocycles. The number of aromatic nitrogens is 2. The smallest absolute Gasteiger partial charge is 0.267 e. The molecule has 0 aliphatic rings. The van der Waals surface area contributed by atoms with Gasteiger partial charge in [0.1, 0.15) is 17.9 Å². The summed E-state index contributed by atoms with van der Waals surface area (Å²) in [5.41, 5.74) is 1.19. The molecule has 1 aromatic heterocycles. The molecule has 2 aromatic carbocycles. The van der Waals surface area contributed by atoms with Crippen LogP contribution in [0.15, 0.2) is 71.5 Å². The van der Waals surface area contributed by atoms with Crippen LogP contribution in [-0.4, -0.2) is 28.8 Å². The van der Waals surface area contributed by atoms with E-state index in [1.807, 2.05) is 61.5 Å². The van der Waals surface area contributed by atoms with Gasteiger partial charge < -0.3 is 10.1 Å². The number of amides is 1. The Hall–Kier alpha value is -3.41. The van der Waals surface area contributed by atoms with Crippen LogP contribution in [-0.2, 0) is 10.3 Å². The lowest BCUT2D eigenvalue weighted by atomic mass is 10.0. The van der Waals surface area contributed by atoms with Crippen molar-refractivity contribution in [2.45, 2.75) is 26.3 Å². The van der Waals surface area contributed by atoms with Crippen molar-refractivity contribution in [2.75, 3.05) is 13.2 Å². The zero-order valence-electron chi connectivity index (χ0n) is 16.9. The maximum atomic E-state index is 12.8. The molecule has 1 heterocycles. The number of aryl methyl sites for hydroxylation is 1. The second-order valence-corrected chi connectivity index (χ2v) is 7.31. The topological polar surface area (TPSA) is 73.2 Å². The first-order valence-corrected chi connectivity index (χ1v) is 9.52. The first-order valence-electron chi connectivity index (χ1n) is 9.52. The molecule has 0 spiro atoms. The van der Waals surface area contributed by atoms with Crippen molar-refractivity contribution in [3.8, 4) is 17.0 Å². The van der Waals surface area contributed by atoms with Crippen LogP contribution in [0, 0.1) is 6.92 Å². The molecule has 0 aliphatic carbocycles. The molecule has 0 atom stereocenters. The highest BCUT2D eigenvalue weighted by Crippen LogP contribution is 2.18. The SMILES string of the molecule is Cc1ccc(OCCNC(=O)C(C)(C)n2nc(-c3ccccc3)ccc2=O)cc1. The Labute approximate surface area is 170 Å². The summed E-state index contributed by atoms with van der Waals surface area (Å²) in [6.45, 7) is 6.01. The Balaban J connectivity index is 1.66. The van der Waals surface area contributed by atoms with E-state index < -0.39 is 5.54 Å². The summed E-state index contributed by atoms with van der Waals surface area (Å²) in [4.78, 5) is 25.1. The van der Waals surface area contributed by atoms with Gasteiger partial charge in [-0.3, -0.25) is 9.59 Å². The minimum atomic E-state index is -1.15. The molecule has 3 rings (SSSR count). The quantitative estimate of drug-likeness (QED) is 0.628. The predicted octanol–water partition coefficient (Wildman–Crippen LogP) is 3.15. The highest BCUT2D eigenvalue weighted by Gasteiger charge is 2.32. The lowest BCUT2D eigenvalue weighted by Crippen LogP contribution is -2.50. The number of benzene rings is 2. The van der Waals surface area contributed by atoms with E-state index in [0.29, 0.717) is 18.8 Å². The minimum absolute atomic E-state index is 0.301. The molecule has 1 amide bonds. The molecule has 6 nitrogen and oxygen atoms in total. The maximum absolute atomic E-state index is 12.8. The fourth-order valence-corrected chi connectivity index (χ4v) is 2.85. The van der Waals surface area contributed by atoms with Gasteiger partial charge in [0.25, 0.3) is 5.56 Å². The van der Waals surface area contributed by atoms with Gasteiger partial charge in [0, 0.05) is 11.6 Å². The van der Waals surface area contributed by atoms with Gasteiger partial charge in [0.15, 0.2) is 0 Å². The second kappa shape index (κ2) is 8.73. The Bertz CT molecular complexity index is 1030. The van der Waals surface area contributed by atoms with Gasteiger partial charge in [-0.05, 0) is 39.0 Å². The van der Waals surface area contributed by atoms with Crippen molar-refractivity contribution in [1.29, 1.82) is 0 Å². The van der Waals surface area contributed by atoms with Gasteiger partial charge >= 0.3 is 0 Å². The van der Waals surface area contributed by atoms with Crippen molar-refractivity contribution in [3.05, 3.63) is 82.6 Å². The Morgan fingerprint density at radius 1 is 1.03 bits per heavy atom. The lowest BCUT2D eigenvalue weighted by molar-refractivity contribution is -0.129. The van der Waals surface area contributed by atoms with Gasteiger partial charge in [0.05, 0.1) is 12.2 Å². The number of hydrogen-bond acceptors (Lipinski definition) is 4. The average Bonchev–Trinajstić information content (AvgIpc) is 2.73. The van der Waals surface area contributed by atoms with E-state index in [2.05, 4.69) is 10.4 Å². The summed E-state index contributed by atoms with van der Waals surface area (Å²) in [6.07, 6.45) is 0. The van der Waals surface area contributed by atoms with Crippen LogP contribution in [0.3, 0.4) is 0 Å². The van der Waals surface area contributed by atoms with E-state index in [-0.39, 0.29) is 11.5 Å². The Morgan fingerprint density at radius 2 is 1.72 bits per heavy atom. The molecule has 3 aromatic rings. The molecule has 29 heavy (non-hydrogen) atoms. The summed E-state index contributed by atoms with van der Waals surface area (Å²) in [5.74, 6) is 0.447. The summed E-state index contributed by atoms with van der Waals surface area (Å²) >= 11 is 0. The normalized spacial score (nSPS) is 11.1. The number of nitrogens with zero attached hydrogens (tertiary/aromatic N) is 2. The predicted molar refractivity (Wildman–Crippen MR) is 113 cm³/mol. The number of rotatable bonds is 7. The third-order valence-electron chi connectivity index (χ3n) is 4.63. The molecule has 0 fully saturated rings. The molecule has 0 saturated carbocycles. The number of ether oxygens (including phenoxy) is 1. The molecule has 0 bridgehead atoms. The molecule has 0 aliphatic heterocycles. The van der Waals surface area contributed by atoms with Crippen LogP contribution in [0.4, 0.5) is 0 Å². The van der Waals surface area contributed by atoms with Crippen LogP contribution < -0.4 is 15.6 Å². The first-order chi connectivity index (χ1) is 13.9. The largest absolute Gasteiger partial charge is 0.492 e. The number of hydrogen-bond donors (Lipinski definition) is 1. The highest BCUT2D eigenvalue weighted by atomic mass is 16.5. The number of carbonyl (C=O) groups is 1. The number of nitrogens with one attached hydrogen (secondary N) is 1. The van der Waals surface area contributed by atoms with E-state index in [4.69, 9.17) is 4.74 Å². The standard InChI is InChI=1S/C23H25N3O3/c1-17-9-11-19(12-10-17)29-16-15-24-22(28)23(2,3)26-21(27)14-13-20(25-26)18-7-5-4-6-8-18/h4-14H,15-16H2,1-3H3,(H,24,28).